The molecule has 0 saturated carbocycles. The number of carboxylic acid groups (broad SMARTS) is 1. The third kappa shape index (κ3) is 3.49. The fraction of sp³-hybridized carbons (Fsp3) is 0.500. The number of para-hydroxylation sites is 1. The second-order valence-electron chi connectivity index (χ2n) is 5.15. The van der Waals surface area contributed by atoms with Crippen molar-refractivity contribution in [3.63, 3.8) is 0 Å². The minimum atomic E-state index is -1.30. The molecule has 0 aliphatic carbocycles. The highest BCUT2D eigenvalue weighted by Crippen LogP contribution is 2.31. The minimum absolute atomic E-state index is 0.0108. The van der Waals surface area contributed by atoms with Crippen molar-refractivity contribution in [1.82, 2.24) is 0 Å². The largest absolute Gasteiger partial charge is 0.477 e. The molecule has 1 fully saturated rings. The predicted molar refractivity (Wildman–Crippen MR) is 76.7 cm³/mol. The van der Waals surface area contributed by atoms with Crippen LogP contribution < -0.4 is 5.32 Å². The van der Waals surface area contributed by atoms with E-state index in [1.807, 2.05) is 6.92 Å². The molecule has 2 N–H and O–H groups in total. The van der Waals surface area contributed by atoms with Crippen LogP contribution in [0.1, 0.15) is 30.1 Å². The maximum Gasteiger partial charge on any atom is 0.342 e. The van der Waals surface area contributed by atoms with Crippen LogP contribution in [0.5, 0.6) is 0 Å². The summed E-state index contributed by atoms with van der Waals surface area (Å²) in [4.78, 5) is 21.7. The molecule has 114 valence electrons. The van der Waals surface area contributed by atoms with Crippen LogP contribution in [0.15, 0.2) is 18.2 Å². The Hall–Kier alpha value is -2.15. The van der Waals surface area contributed by atoms with E-state index in [0.29, 0.717) is 19.1 Å². The van der Waals surface area contributed by atoms with Crippen LogP contribution in [0, 0.1) is 16.0 Å². The number of carboxylic acids is 1. The third-order valence-corrected chi connectivity index (χ3v) is 3.81. The topological polar surface area (TPSA) is 102 Å². The molecule has 21 heavy (non-hydrogen) atoms. The van der Waals surface area contributed by atoms with Gasteiger partial charge in [0.15, 0.2) is 0 Å². The predicted octanol–water partition coefficient (Wildman–Crippen LogP) is 2.52. The van der Waals surface area contributed by atoms with E-state index in [4.69, 9.17) is 9.84 Å². The molecule has 1 aromatic carbocycles. The van der Waals surface area contributed by atoms with Gasteiger partial charge in [0, 0.05) is 19.3 Å². The lowest BCUT2D eigenvalue weighted by Crippen LogP contribution is -2.31. The number of nitro benzene ring substituents is 1. The number of hydrogen-bond acceptors (Lipinski definition) is 5. The Labute approximate surface area is 122 Å². The van der Waals surface area contributed by atoms with Crippen molar-refractivity contribution in [2.75, 3.05) is 18.5 Å². The summed E-state index contributed by atoms with van der Waals surface area (Å²) in [5.41, 5.74) is -0.438. The van der Waals surface area contributed by atoms with E-state index in [2.05, 4.69) is 5.32 Å². The number of benzene rings is 1. The van der Waals surface area contributed by atoms with Crippen molar-refractivity contribution >= 4 is 17.3 Å². The molecule has 1 atom stereocenters. The molecular formula is C14H18N2O5. The Morgan fingerprint density at radius 3 is 2.71 bits per heavy atom. The molecule has 1 aromatic rings. The maximum atomic E-state index is 11.2. The zero-order valence-electron chi connectivity index (χ0n) is 11.7. The number of nitrogens with zero attached hydrogens (tertiary/aromatic N) is 1. The molecule has 1 saturated heterocycles. The Bertz CT molecular complexity index is 540. The maximum absolute atomic E-state index is 11.2. The van der Waals surface area contributed by atoms with Gasteiger partial charge in [0.1, 0.15) is 11.3 Å². The Morgan fingerprint density at radius 1 is 1.48 bits per heavy atom. The standard InChI is InChI=1S/C14H18N2O5/c1-9(10-5-7-21-8-6-10)15-12-4-2-3-11(14(17)18)13(12)16(19)20/h2-4,9-10,15H,5-8H2,1H3,(H,17,18). The summed E-state index contributed by atoms with van der Waals surface area (Å²) in [7, 11) is 0. The van der Waals surface area contributed by atoms with Gasteiger partial charge < -0.3 is 15.2 Å². The van der Waals surface area contributed by atoms with Gasteiger partial charge in [-0.05, 0) is 37.8 Å². The van der Waals surface area contributed by atoms with Crippen LogP contribution in [0.25, 0.3) is 0 Å². The van der Waals surface area contributed by atoms with E-state index >= 15 is 0 Å². The number of rotatable bonds is 5. The van der Waals surface area contributed by atoms with Gasteiger partial charge in [0.05, 0.1) is 4.92 Å². The number of hydrogen-bond donors (Lipinski definition) is 2. The first-order chi connectivity index (χ1) is 10.0. The molecule has 0 radical (unpaired) electrons. The number of ether oxygens (including phenoxy) is 1. The van der Waals surface area contributed by atoms with Gasteiger partial charge in [-0.3, -0.25) is 10.1 Å². The summed E-state index contributed by atoms with van der Waals surface area (Å²) in [6, 6.07) is 4.30. The summed E-state index contributed by atoms with van der Waals surface area (Å²) in [5, 5.41) is 23.4. The third-order valence-electron chi connectivity index (χ3n) is 3.81. The monoisotopic (exact) mass is 294 g/mol. The molecule has 1 heterocycles. The van der Waals surface area contributed by atoms with Crippen molar-refractivity contribution in [3.8, 4) is 0 Å². The molecule has 0 aromatic heterocycles. The van der Waals surface area contributed by atoms with Crippen LogP contribution in [0.4, 0.5) is 11.4 Å². The van der Waals surface area contributed by atoms with Crippen LogP contribution in [0.2, 0.25) is 0 Å². The summed E-state index contributed by atoms with van der Waals surface area (Å²) >= 11 is 0. The SMILES string of the molecule is CC(Nc1cccc(C(=O)O)c1[N+](=O)[O-])C1CCOCC1. The molecule has 1 aliphatic heterocycles. The van der Waals surface area contributed by atoms with Crippen LogP contribution in [0.3, 0.4) is 0 Å². The summed E-state index contributed by atoms with van der Waals surface area (Å²) in [6.07, 6.45) is 1.78. The van der Waals surface area contributed by atoms with Gasteiger partial charge in [-0.2, -0.15) is 0 Å². The van der Waals surface area contributed by atoms with E-state index in [1.165, 1.54) is 12.1 Å². The first-order valence-corrected chi connectivity index (χ1v) is 6.85. The smallest absolute Gasteiger partial charge is 0.342 e. The first-order valence-electron chi connectivity index (χ1n) is 6.85. The highest BCUT2D eigenvalue weighted by Gasteiger charge is 2.27. The van der Waals surface area contributed by atoms with Crippen LogP contribution in [-0.2, 0) is 4.74 Å². The zero-order chi connectivity index (χ0) is 15.4. The number of anilines is 1. The summed E-state index contributed by atoms with van der Waals surface area (Å²) < 4.78 is 5.30. The average molecular weight is 294 g/mol. The van der Waals surface area contributed by atoms with Crippen molar-refractivity contribution in [3.05, 3.63) is 33.9 Å². The lowest BCUT2D eigenvalue weighted by atomic mass is 9.92. The second kappa shape index (κ2) is 6.53. The first kappa shape index (κ1) is 15.2. The Kier molecular flexibility index (Phi) is 4.74. The van der Waals surface area contributed by atoms with Crippen LogP contribution >= 0.6 is 0 Å². The van der Waals surface area contributed by atoms with Gasteiger partial charge >= 0.3 is 11.7 Å². The molecule has 1 aliphatic rings. The highest BCUT2D eigenvalue weighted by molar-refractivity contribution is 5.95. The van der Waals surface area contributed by atoms with Crippen molar-refractivity contribution < 1.29 is 19.6 Å². The fourth-order valence-electron chi connectivity index (χ4n) is 2.61. The molecular weight excluding hydrogens is 276 g/mol. The summed E-state index contributed by atoms with van der Waals surface area (Å²) in [5.74, 6) is -0.948. The van der Waals surface area contributed by atoms with Crippen molar-refractivity contribution in [2.45, 2.75) is 25.8 Å². The van der Waals surface area contributed by atoms with Gasteiger partial charge in [-0.1, -0.05) is 6.07 Å². The van der Waals surface area contributed by atoms with Gasteiger partial charge in [-0.25, -0.2) is 4.79 Å². The lowest BCUT2D eigenvalue weighted by molar-refractivity contribution is -0.384. The molecule has 7 heteroatoms. The van der Waals surface area contributed by atoms with Crippen molar-refractivity contribution in [2.24, 2.45) is 5.92 Å². The minimum Gasteiger partial charge on any atom is -0.477 e. The zero-order valence-corrected chi connectivity index (χ0v) is 11.7. The van der Waals surface area contributed by atoms with E-state index < -0.39 is 10.9 Å². The molecule has 0 bridgehead atoms. The summed E-state index contributed by atoms with van der Waals surface area (Å²) in [6.45, 7) is 3.33. The Balaban J connectivity index is 2.24. The number of nitro groups is 1. The molecule has 0 amide bonds. The fourth-order valence-corrected chi connectivity index (χ4v) is 2.61. The molecule has 1 unspecified atom stereocenters. The highest BCUT2D eigenvalue weighted by atomic mass is 16.6. The van der Waals surface area contributed by atoms with Crippen LogP contribution in [-0.4, -0.2) is 35.3 Å². The van der Waals surface area contributed by atoms with E-state index in [-0.39, 0.29) is 23.0 Å². The molecule has 7 nitrogen and oxygen atoms in total. The van der Waals surface area contributed by atoms with E-state index in [0.717, 1.165) is 12.8 Å². The van der Waals surface area contributed by atoms with Crippen molar-refractivity contribution in [1.29, 1.82) is 0 Å². The van der Waals surface area contributed by atoms with Gasteiger partial charge in [0.25, 0.3) is 0 Å². The molecule has 0 spiro atoms. The quantitative estimate of drug-likeness (QED) is 0.639. The second-order valence-corrected chi connectivity index (χ2v) is 5.15. The van der Waals surface area contributed by atoms with Gasteiger partial charge in [0.2, 0.25) is 0 Å². The normalized spacial score (nSPS) is 17.2. The number of aromatic carboxylic acids is 1. The van der Waals surface area contributed by atoms with E-state index in [1.54, 1.807) is 6.07 Å². The average Bonchev–Trinajstić information content (AvgIpc) is 2.47. The molecule has 2 rings (SSSR count). The van der Waals surface area contributed by atoms with E-state index in [9.17, 15) is 14.9 Å². The number of carbonyl (C=O) groups is 1. The lowest BCUT2D eigenvalue weighted by Gasteiger charge is -2.29. The van der Waals surface area contributed by atoms with Gasteiger partial charge in [-0.15, -0.1) is 0 Å². The Morgan fingerprint density at radius 2 is 2.14 bits per heavy atom. The number of nitrogens with one attached hydrogen (secondary N) is 1.